The third kappa shape index (κ3) is 3.62. The van der Waals surface area contributed by atoms with Crippen LogP contribution in [0.3, 0.4) is 0 Å². The lowest BCUT2D eigenvalue weighted by Crippen LogP contribution is -1.98. The Balaban J connectivity index is 2.02. The number of para-hydroxylation sites is 1. The van der Waals surface area contributed by atoms with Crippen LogP contribution in [0, 0.1) is 15.9 Å². The summed E-state index contributed by atoms with van der Waals surface area (Å²) >= 11 is 0. The number of nitro benzene ring substituents is 1. The number of halogens is 1. The first-order chi connectivity index (χ1) is 14.6. The van der Waals surface area contributed by atoms with Gasteiger partial charge in [0.25, 0.3) is 5.69 Å². The molecule has 150 valence electrons. The summed E-state index contributed by atoms with van der Waals surface area (Å²) in [5.41, 5.74) is 3.63. The maximum Gasteiger partial charge on any atom is 0.280 e. The van der Waals surface area contributed by atoms with E-state index < -0.39 is 10.7 Å². The molecule has 0 amide bonds. The van der Waals surface area contributed by atoms with E-state index in [1.807, 2.05) is 36.4 Å². The number of hydrogen-bond acceptors (Lipinski definition) is 3. The second-order valence-corrected chi connectivity index (χ2v) is 6.99. The zero-order valence-corrected chi connectivity index (χ0v) is 16.5. The molecule has 4 nitrogen and oxygen atoms in total. The number of hydrogen-bond donors (Lipinski definition) is 0. The van der Waals surface area contributed by atoms with Crippen LogP contribution in [0.4, 0.5) is 10.1 Å². The van der Waals surface area contributed by atoms with Crippen molar-refractivity contribution in [2.45, 2.75) is 12.8 Å². The van der Waals surface area contributed by atoms with Crippen LogP contribution in [0.2, 0.25) is 0 Å². The van der Waals surface area contributed by atoms with E-state index >= 15 is 0 Å². The molecule has 3 aromatic rings. The van der Waals surface area contributed by atoms with Crippen molar-refractivity contribution in [2.24, 2.45) is 0 Å². The highest BCUT2D eigenvalue weighted by Crippen LogP contribution is 2.43. The lowest BCUT2D eigenvalue weighted by molar-refractivity contribution is -0.384. The molecule has 0 bridgehead atoms. The van der Waals surface area contributed by atoms with E-state index in [2.05, 4.69) is 18.2 Å². The van der Waals surface area contributed by atoms with Crippen LogP contribution in [-0.2, 0) is 0 Å². The maximum atomic E-state index is 14.9. The van der Waals surface area contributed by atoms with E-state index in [1.165, 1.54) is 18.2 Å². The van der Waals surface area contributed by atoms with Crippen LogP contribution in [0.5, 0.6) is 5.75 Å². The summed E-state index contributed by atoms with van der Waals surface area (Å²) < 4.78 is 20.4. The topological polar surface area (TPSA) is 52.4 Å². The summed E-state index contributed by atoms with van der Waals surface area (Å²) in [7, 11) is 1.57. The predicted octanol–water partition coefficient (Wildman–Crippen LogP) is 6.81. The van der Waals surface area contributed by atoms with Gasteiger partial charge in [-0.05, 0) is 53.3 Å². The number of rotatable bonds is 5. The van der Waals surface area contributed by atoms with Gasteiger partial charge >= 0.3 is 0 Å². The lowest BCUT2D eigenvalue weighted by atomic mass is 9.89. The zero-order chi connectivity index (χ0) is 21.1. The number of ether oxygens (including phenoxy) is 1. The second kappa shape index (κ2) is 8.33. The Labute approximate surface area is 174 Å². The van der Waals surface area contributed by atoms with Gasteiger partial charge in [-0.25, -0.2) is 4.39 Å². The molecular weight excluding hydrogens is 381 g/mol. The van der Waals surface area contributed by atoms with E-state index in [1.54, 1.807) is 13.2 Å². The van der Waals surface area contributed by atoms with Gasteiger partial charge in [0.2, 0.25) is 0 Å². The Morgan fingerprint density at radius 3 is 2.53 bits per heavy atom. The van der Waals surface area contributed by atoms with Crippen LogP contribution in [0.15, 0.2) is 78.9 Å². The molecule has 0 N–H and O–H groups in total. The monoisotopic (exact) mass is 401 g/mol. The average molecular weight is 401 g/mol. The van der Waals surface area contributed by atoms with Gasteiger partial charge in [-0.2, -0.15) is 0 Å². The quantitative estimate of drug-likeness (QED) is 0.348. The van der Waals surface area contributed by atoms with Crippen molar-refractivity contribution in [3.8, 4) is 28.0 Å². The molecule has 0 radical (unpaired) electrons. The second-order valence-electron chi connectivity index (χ2n) is 6.99. The van der Waals surface area contributed by atoms with Crippen LogP contribution in [0.1, 0.15) is 18.4 Å². The van der Waals surface area contributed by atoms with E-state index in [0.717, 1.165) is 29.5 Å². The number of nitrogens with zero attached hydrogens (tertiary/aromatic N) is 1. The third-order valence-corrected chi connectivity index (χ3v) is 5.20. The Hall–Kier alpha value is -3.73. The molecular formula is C25H20FNO3. The number of methoxy groups -OCH3 is 1. The summed E-state index contributed by atoms with van der Waals surface area (Å²) in [5.74, 6) is -0.0204. The Bertz CT molecular complexity index is 1180. The van der Waals surface area contributed by atoms with Gasteiger partial charge in [-0.15, -0.1) is 0 Å². The molecule has 5 heteroatoms. The van der Waals surface area contributed by atoms with Gasteiger partial charge in [0, 0.05) is 11.6 Å². The normalized spacial score (nSPS) is 13.1. The molecule has 0 fully saturated rings. The minimum atomic E-state index is -0.634. The highest BCUT2D eigenvalue weighted by molar-refractivity contribution is 5.92. The molecule has 0 aliphatic heterocycles. The summed E-state index contributed by atoms with van der Waals surface area (Å²) in [5, 5.41) is 11.6. The van der Waals surface area contributed by atoms with Crippen LogP contribution >= 0.6 is 0 Å². The van der Waals surface area contributed by atoms with Crippen molar-refractivity contribution < 1.29 is 14.1 Å². The Kier molecular flexibility index (Phi) is 5.44. The molecule has 0 saturated carbocycles. The van der Waals surface area contributed by atoms with Crippen molar-refractivity contribution in [1.29, 1.82) is 0 Å². The molecule has 30 heavy (non-hydrogen) atoms. The van der Waals surface area contributed by atoms with Crippen molar-refractivity contribution in [3.05, 3.63) is 100 Å². The first kappa shape index (κ1) is 19.6. The van der Waals surface area contributed by atoms with Crippen molar-refractivity contribution in [1.82, 2.24) is 0 Å². The molecule has 0 unspecified atom stereocenters. The zero-order valence-electron chi connectivity index (χ0n) is 16.5. The minimum Gasteiger partial charge on any atom is -0.496 e. The van der Waals surface area contributed by atoms with Crippen LogP contribution in [0.25, 0.3) is 27.8 Å². The van der Waals surface area contributed by atoms with Gasteiger partial charge < -0.3 is 4.74 Å². The largest absolute Gasteiger partial charge is 0.496 e. The van der Waals surface area contributed by atoms with Gasteiger partial charge in [-0.3, -0.25) is 10.1 Å². The summed E-state index contributed by atoms with van der Waals surface area (Å²) in [6, 6.07) is 16.9. The van der Waals surface area contributed by atoms with Gasteiger partial charge in [0.1, 0.15) is 11.6 Å². The van der Waals surface area contributed by atoms with Crippen LogP contribution in [-0.4, -0.2) is 12.0 Å². The Morgan fingerprint density at radius 1 is 0.967 bits per heavy atom. The number of nitro groups is 1. The summed E-state index contributed by atoms with van der Waals surface area (Å²) in [6.07, 6.45) is 8.30. The van der Waals surface area contributed by atoms with Gasteiger partial charge in [0.05, 0.1) is 17.6 Å². The van der Waals surface area contributed by atoms with Crippen molar-refractivity contribution in [2.75, 3.05) is 7.11 Å². The smallest absolute Gasteiger partial charge is 0.280 e. The molecule has 0 atom stereocenters. The molecule has 1 aliphatic rings. The van der Waals surface area contributed by atoms with Gasteiger partial charge in [-0.1, -0.05) is 54.6 Å². The molecule has 0 saturated heterocycles. The first-order valence-electron chi connectivity index (χ1n) is 9.68. The molecule has 1 aliphatic carbocycles. The SMILES string of the molecule is COc1ccccc1-c1cc(C2=CCCC=C2)ccc1-c1c(F)cccc1[N+](=O)[O-]. The summed E-state index contributed by atoms with van der Waals surface area (Å²) in [4.78, 5) is 11.1. The maximum absolute atomic E-state index is 14.9. The van der Waals surface area contributed by atoms with E-state index in [9.17, 15) is 14.5 Å². The minimum absolute atomic E-state index is 0.0249. The highest BCUT2D eigenvalue weighted by Gasteiger charge is 2.24. The van der Waals surface area contributed by atoms with E-state index in [0.29, 0.717) is 16.9 Å². The first-order valence-corrected chi connectivity index (χ1v) is 9.68. The average Bonchev–Trinajstić information content (AvgIpc) is 2.79. The number of allylic oxidation sites excluding steroid dienone is 4. The standard InChI is InChI=1S/C25H20FNO3/c1-30-24-13-6-5-10-19(24)21-16-18(17-8-3-2-4-9-17)14-15-20(21)25-22(26)11-7-12-23(25)27(28)29/h3,5-16H,2,4H2,1H3. The number of benzene rings is 3. The van der Waals surface area contributed by atoms with E-state index in [-0.39, 0.29) is 11.3 Å². The molecule has 3 aromatic carbocycles. The van der Waals surface area contributed by atoms with Crippen LogP contribution < -0.4 is 4.74 Å². The van der Waals surface area contributed by atoms with Gasteiger partial charge in [0.15, 0.2) is 0 Å². The van der Waals surface area contributed by atoms with Crippen molar-refractivity contribution in [3.63, 3.8) is 0 Å². The lowest BCUT2D eigenvalue weighted by Gasteiger charge is -2.17. The predicted molar refractivity (Wildman–Crippen MR) is 117 cm³/mol. The highest BCUT2D eigenvalue weighted by atomic mass is 19.1. The molecule has 4 rings (SSSR count). The molecule has 0 heterocycles. The third-order valence-electron chi connectivity index (χ3n) is 5.20. The fourth-order valence-electron chi connectivity index (χ4n) is 3.79. The molecule has 0 spiro atoms. The fourth-order valence-corrected chi connectivity index (χ4v) is 3.79. The van der Waals surface area contributed by atoms with Crippen molar-refractivity contribution >= 4 is 11.3 Å². The fraction of sp³-hybridized carbons (Fsp3) is 0.120. The van der Waals surface area contributed by atoms with E-state index in [4.69, 9.17) is 4.74 Å². The molecule has 0 aromatic heterocycles. The summed E-state index contributed by atoms with van der Waals surface area (Å²) in [6.45, 7) is 0. The Morgan fingerprint density at radius 2 is 1.80 bits per heavy atom.